The molecule has 1 aliphatic heterocycles. The van der Waals surface area contributed by atoms with Gasteiger partial charge in [-0.2, -0.15) is 0 Å². The Kier molecular flexibility index (Phi) is 7.10. The number of ether oxygens (including phenoxy) is 2. The highest BCUT2D eigenvalue weighted by Gasteiger charge is 2.21. The van der Waals surface area contributed by atoms with E-state index in [0.29, 0.717) is 36.8 Å². The minimum absolute atomic E-state index is 0.108. The van der Waals surface area contributed by atoms with Crippen molar-refractivity contribution < 1.29 is 22.7 Å². The molecule has 31 heavy (non-hydrogen) atoms. The van der Waals surface area contributed by atoms with Crippen molar-refractivity contribution in [3.63, 3.8) is 0 Å². The van der Waals surface area contributed by atoms with Crippen LogP contribution in [0, 0.1) is 13.8 Å². The van der Waals surface area contributed by atoms with Gasteiger partial charge in [0.1, 0.15) is 13.2 Å². The summed E-state index contributed by atoms with van der Waals surface area (Å²) in [5, 5.41) is 3.01. The number of sulfonamides is 1. The first-order valence-electron chi connectivity index (χ1n) is 10.4. The highest BCUT2D eigenvalue weighted by atomic mass is 32.2. The monoisotopic (exact) mass is 446 g/mol. The van der Waals surface area contributed by atoms with Gasteiger partial charge in [0, 0.05) is 19.0 Å². The van der Waals surface area contributed by atoms with Crippen LogP contribution in [0.4, 0.5) is 5.69 Å². The Morgan fingerprint density at radius 3 is 2.48 bits per heavy atom. The molecule has 1 aliphatic rings. The van der Waals surface area contributed by atoms with E-state index in [9.17, 15) is 13.2 Å². The number of benzene rings is 2. The Morgan fingerprint density at radius 2 is 1.81 bits per heavy atom. The van der Waals surface area contributed by atoms with Crippen molar-refractivity contribution in [2.75, 3.05) is 30.3 Å². The summed E-state index contributed by atoms with van der Waals surface area (Å²) < 4.78 is 37.1. The standard InChI is InChI=1S/C23H30N2O5S/c1-16-7-9-20(17(2)14-16)18(3)24-23(26)6-5-11-25(31(4,27)28)19-8-10-21-22(15-19)30-13-12-29-21/h7-10,14-15,18H,5-6,11-13H2,1-4H3,(H,24,26)/t18-/m1/s1. The zero-order valence-electron chi connectivity index (χ0n) is 18.5. The van der Waals surface area contributed by atoms with Gasteiger partial charge in [-0.1, -0.05) is 23.8 Å². The third-order valence-corrected chi connectivity index (χ3v) is 6.44. The largest absolute Gasteiger partial charge is 0.486 e. The number of rotatable bonds is 8. The van der Waals surface area contributed by atoms with Gasteiger partial charge in [0.15, 0.2) is 11.5 Å². The SMILES string of the molecule is Cc1ccc([C@@H](C)NC(=O)CCCN(c2ccc3c(c2)OCCO3)S(C)(=O)=O)c(C)c1. The van der Waals surface area contributed by atoms with Crippen molar-refractivity contribution in [3.05, 3.63) is 53.1 Å². The van der Waals surface area contributed by atoms with Crippen LogP contribution in [0.3, 0.4) is 0 Å². The van der Waals surface area contributed by atoms with Crippen molar-refractivity contribution in [2.24, 2.45) is 0 Å². The van der Waals surface area contributed by atoms with Crippen molar-refractivity contribution in [3.8, 4) is 11.5 Å². The Morgan fingerprint density at radius 1 is 1.10 bits per heavy atom. The van der Waals surface area contributed by atoms with E-state index in [2.05, 4.69) is 11.4 Å². The predicted octanol–water partition coefficient (Wildman–Crippen LogP) is 3.50. The van der Waals surface area contributed by atoms with Crippen LogP contribution in [-0.2, 0) is 14.8 Å². The lowest BCUT2D eigenvalue weighted by Crippen LogP contribution is -2.32. The molecule has 0 bridgehead atoms. The molecular formula is C23H30N2O5S. The van der Waals surface area contributed by atoms with Gasteiger partial charge in [0.05, 0.1) is 18.0 Å². The maximum Gasteiger partial charge on any atom is 0.232 e. The second-order valence-corrected chi connectivity index (χ2v) is 9.82. The van der Waals surface area contributed by atoms with E-state index in [1.165, 1.54) is 9.87 Å². The molecule has 7 nitrogen and oxygen atoms in total. The molecule has 0 aromatic heterocycles. The minimum Gasteiger partial charge on any atom is -0.486 e. The van der Waals surface area contributed by atoms with Crippen molar-refractivity contribution in [2.45, 2.75) is 39.7 Å². The van der Waals surface area contributed by atoms with Crippen LogP contribution < -0.4 is 19.1 Å². The Hall–Kier alpha value is -2.74. The number of nitrogens with zero attached hydrogens (tertiary/aromatic N) is 1. The number of hydrogen-bond donors (Lipinski definition) is 1. The summed E-state index contributed by atoms with van der Waals surface area (Å²) in [5.41, 5.74) is 3.89. The van der Waals surface area contributed by atoms with E-state index in [4.69, 9.17) is 9.47 Å². The molecule has 0 radical (unpaired) electrons. The summed E-state index contributed by atoms with van der Waals surface area (Å²) in [4.78, 5) is 12.4. The summed E-state index contributed by atoms with van der Waals surface area (Å²) in [6, 6.07) is 11.1. The Labute approximate surface area is 184 Å². The summed E-state index contributed by atoms with van der Waals surface area (Å²) in [6.07, 6.45) is 1.78. The molecule has 3 rings (SSSR count). The summed E-state index contributed by atoms with van der Waals surface area (Å²) in [5.74, 6) is 1.02. The number of nitrogens with one attached hydrogen (secondary N) is 1. The lowest BCUT2D eigenvalue weighted by molar-refractivity contribution is -0.121. The second-order valence-electron chi connectivity index (χ2n) is 7.92. The third kappa shape index (κ3) is 5.91. The van der Waals surface area contributed by atoms with Crippen LogP contribution in [0.5, 0.6) is 11.5 Å². The van der Waals surface area contributed by atoms with Crippen LogP contribution in [-0.4, -0.2) is 40.3 Å². The summed E-state index contributed by atoms with van der Waals surface area (Å²) >= 11 is 0. The maximum absolute atomic E-state index is 12.4. The maximum atomic E-state index is 12.4. The number of carbonyl (C=O) groups excluding carboxylic acids is 1. The van der Waals surface area contributed by atoms with Gasteiger partial charge in [-0.15, -0.1) is 0 Å². The van der Waals surface area contributed by atoms with Crippen molar-refractivity contribution in [1.82, 2.24) is 5.32 Å². The van der Waals surface area contributed by atoms with Crippen molar-refractivity contribution >= 4 is 21.6 Å². The van der Waals surface area contributed by atoms with Crippen molar-refractivity contribution in [1.29, 1.82) is 0 Å². The first-order chi connectivity index (χ1) is 14.6. The van der Waals surface area contributed by atoms with Crippen LogP contribution in [0.2, 0.25) is 0 Å². The van der Waals surface area contributed by atoms with E-state index in [1.54, 1.807) is 18.2 Å². The number of anilines is 1. The van der Waals surface area contributed by atoms with Gasteiger partial charge in [0.25, 0.3) is 0 Å². The van der Waals surface area contributed by atoms with Gasteiger partial charge >= 0.3 is 0 Å². The molecule has 1 N–H and O–H groups in total. The summed E-state index contributed by atoms with van der Waals surface area (Å²) in [7, 11) is -3.51. The Balaban J connectivity index is 1.60. The molecule has 2 aromatic rings. The fourth-order valence-electron chi connectivity index (χ4n) is 3.76. The number of amides is 1. The van der Waals surface area contributed by atoms with Crippen LogP contribution >= 0.6 is 0 Å². The molecule has 0 saturated heterocycles. The van der Waals surface area contributed by atoms with E-state index in [0.717, 1.165) is 17.4 Å². The zero-order valence-corrected chi connectivity index (χ0v) is 19.3. The number of hydrogen-bond acceptors (Lipinski definition) is 5. The summed E-state index contributed by atoms with van der Waals surface area (Å²) in [6.45, 7) is 7.11. The molecule has 168 valence electrons. The van der Waals surface area contributed by atoms with Crippen LogP contribution in [0.25, 0.3) is 0 Å². The molecule has 1 heterocycles. The number of aryl methyl sites for hydroxylation is 2. The zero-order chi connectivity index (χ0) is 22.6. The lowest BCUT2D eigenvalue weighted by atomic mass is 10.00. The molecule has 0 fully saturated rings. The Bertz CT molecular complexity index is 1050. The predicted molar refractivity (Wildman–Crippen MR) is 121 cm³/mol. The average Bonchev–Trinajstić information content (AvgIpc) is 2.69. The fraction of sp³-hybridized carbons (Fsp3) is 0.435. The second kappa shape index (κ2) is 9.60. The number of fused-ring (bicyclic) bond motifs is 1. The molecule has 1 amide bonds. The highest BCUT2D eigenvalue weighted by Crippen LogP contribution is 2.34. The van der Waals surface area contributed by atoms with Gasteiger partial charge in [-0.3, -0.25) is 9.10 Å². The molecule has 0 saturated carbocycles. The average molecular weight is 447 g/mol. The molecule has 0 spiro atoms. The lowest BCUT2D eigenvalue weighted by Gasteiger charge is -2.25. The van der Waals surface area contributed by atoms with Crippen LogP contribution in [0.15, 0.2) is 36.4 Å². The normalized spacial score (nSPS) is 14.1. The van der Waals surface area contributed by atoms with Gasteiger partial charge in [0.2, 0.25) is 15.9 Å². The molecule has 0 unspecified atom stereocenters. The minimum atomic E-state index is -3.51. The molecule has 1 atom stereocenters. The van der Waals surface area contributed by atoms with E-state index >= 15 is 0 Å². The van der Waals surface area contributed by atoms with Crippen LogP contribution in [0.1, 0.15) is 42.5 Å². The van der Waals surface area contributed by atoms with Gasteiger partial charge in [-0.05, 0) is 50.5 Å². The highest BCUT2D eigenvalue weighted by molar-refractivity contribution is 7.92. The smallest absolute Gasteiger partial charge is 0.232 e. The molecule has 8 heteroatoms. The van der Waals surface area contributed by atoms with E-state index in [1.807, 2.05) is 32.9 Å². The first-order valence-corrected chi connectivity index (χ1v) is 12.2. The van der Waals surface area contributed by atoms with Gasteiger partial charge in [-0.25, -0.2) is 8.42 Å². The van der Waals surface area contributed by atoms with Gasteiger partial charge < -0.3 is 14.8 Å². The first kappa shape index (κ1) is 22.9. The van der Waals surface area contributed by atoms with E-state index in [-0.39, 0.29) is 24.9 Å². The quantitative estimate of drug-likeness (QED) is 0.671. The fourth-order valence-corrected chi connectivity index (χ4v) is 4.72. The van der Waals surface area contributed by atoms with E-state index < -0.39 is 10.0 Å². The topological polar surface area (TPSA) is 84.9 Å². The molecule has 2 aromatic carbocycles. The molecule has 0 aliphatic carbocycles. The number of carbonyl (C=O) groups is 1. The third-order valence-electron chi connectivity index (χ3n) is 5.25. The molecular weight excluding hydrogens is 416 g/mol.